The normalized spacial score (nSPS) is 14.9. The van der Waals surface area contributed by atoms with E-state index in [1.807, 2.05) is 0 Å². The molecule has 1 aliphatic carbocycles. The lowest BCUT2D eigenvalue weighted by Crippen LogP contribution is -2.16. The van der Waals surface area contributed by atoms with E-state index in [-0.39, 0.29) is 11.7 Å². The van der Waals surface area contributed by atoms with Crippen LogP contribution in [-0.2, 0) is 9.53 Å². The van der Waals surface area contributed by atoms with Gasteiger partial charge in [-0.05, 0) is 19.3 Å². The lowest BCUT2D eigenvalue weighted by molar-refractivity contribution is -0.140. The summed E-state index contributed by atoms with van der Waals surface area (Å²) < 4.78 is 6.26. The third-order valence-electron chi connectivity index (χ3n) is 2.57. The van der Waals surface area contributed by atoms with Crippen molar-refractivity contribution in [3.05, 3.63) is 10.5 Å². The van der Waals surface area contributed by atoms with Crippen molar-refractivity contribution in [1.29, 1.82) is 0 Å². The van der Waals surface area contributed by atoms with Gasteiger partial charge in [0.05, 0.1) is 7.11 Å². The van der Waals surface area contributed by atoms with Crippen LogP contribution in [0.4, 0.5) is 0 Å². The molecule has 1 N–H and O–H groups in total. The molecule has 0 radical (unpaired) electrons. The van der Waals surface area contributed by atoms with Crippen LogP contribution in [0.1, 0.15) is 31.7 Å². The molecule has 0 aliphatic heterocycles. The van der Waals surface area contributed by atoms with Crippen LogP contribution >= 0.6 is 11.8 Å². The third-order valence-corrected chi connectivity index (χ3v) is 3.61. The Morgan fingerprint density at radius 1 is 1.65 bits per heavy atom. The van der Waals surface area contributed by atoms with Crippen LogP contribution < -0.4 is 5.69 Å². The molecule has 2 rings (SSSR count). The van der Waals surface area contributed by atoms with Gasteiger partial charge in [-0.1, -0.05) is 11.8 Å². The summed E-state index contributed by atoms with van der Waals surface area (Å²) in [6.45, 7) is 0. The number of thioether (sulfide) groups is 1. The summed E-state index contributed by atoms with van der Waals surface area (Å²) in [4.78, 5) is 22.4. The number of aromatic amines is 1. The molecule has 1 saturated carbocycles. The molecule has 1 aliphatic rings. The van der Waals surface area contributed by atoms with Gasteiger partial charge in [0.25, 0.3) is 0 Å². The fourth-order valence-electron chi connectivity index (χ4n) is 1.53. The van der Waals surface area contributed by atoms with Crippen molar-refractivity contribution in [1.82, 2.24) is 14.8 Å². The minimum Gasteiger partial charge on any atom is -0.469 e. The predicted octanol–water partition coefficient (Wildman–Crippen LogP) is 0.952. The molecule has 17 heavy (non-hydrogen) atoms. The number of H-pyrrole nitrogens is 1. The Balaban J connectivity index is 1.83. The van der Waals surface area contributed by atoms with Gasteiger partial charge in [-0.2, -0.15) is 0 Å². The van der Waals surface area contributed by atoms with Gasteiger partial charge in [0.15, 0.2) is 5.16 Å². The number of carbonyl (C=O) groups excluding carboxylic acids is 1. The minimum atomic E-state index is -0.202. The molecule has 1 aromatic heterocycles. The summed E-state index contributed by atoms with van der Waals surface area (Å²) in [6, 6.07) is 0.323. The first kappa shape index (κ1) is 12.2. The molecule has 1 heterocycles. The van der Waals surface area contributed by atoms with Crippen LogP contribution in [0, 0.1) is 0 Å². The second-order valence-corrected chi connectivity index (χ2v) is 5.00. The number of hydrogen-bond donors (Lipinski definition) is 1. The Morgan fingerprint density at radius 3 is 3.06 bits per heavy atom. The van der Waals surface area contributed by atoms with Crippen molar-refractivity contribution in [2.75, 3.05) is 12.9 Å². The van der Waals surface area contributed by atoms with E-state index >= 15 is 0 Å². The Bertz CT molecular complexity index is 450. The molecule has 1 aromatic rings. The topological polar surface area (TPSA) is 77.0 Å². The number of esters is 1. The van der Waals surface area contributed by atoms with Gasteiger partial charge < -0.3 is 4.74 Å². The number of rotatable bonds is 6. The molecule has 0 spiro atoms. The number of hydrogen-bond acceptors (Lipinski definition) is 5. The number of methoxy groups -OCH3 is 1. The molecular formula is C10H15N3O3S. The van der Waals surface area contributed by atoms with Gasteiger partial charge in [-0.3, -0.25) is 9.36 Å². The smallest absolute Gasteiger partial charge is 0.344 e. The highest BCUT2D eigenvalue weighted by Crippen LogP contribution is 2.36. The number of aromatic nitrogens is 3. The summed E-state index contributed by atoms with van der Waals surface area (Å²) >= 11 is 1.50. The zero-order valence-electron chi connectivity index (χ0n) is 9.64. The van der Waals surface area contributed by atoms with Gasteiger partial charge in [-0.15, -0.1) is 5.10 Å². The molecule has 0 amide bonds. The van der Waals surface area contributed by atoms with Gasteiger partial charge in [-0.25, -0.2) is 9.89 Å². The monoisotopic (exact) mass is 257 g/mol. The highest BCUT2D eigenvalue weighted by molar-refractivity contribution is 7.99. The van der Waals surface area contributed by atoms with E-state index in [9.17, 15) is 9.59 Å². The van der Waals surface area contributed by atoms with Crippen LogP contribution in [0.3, 0.4) is 0 Å². The van der Waals surface area contributed by atoms with Crippen LogP contribution in [-0.4, -0.2) is 33.6 Å². The fraction of sp³-hybridized carbons (Fsp3) is 0.700. The quantitative estimate of drug-likeness (QED) is 0.466. The molecule has 7 heteroatoms. The largest absolute Gasteiger partial charge is 0.469 e. The first-order valence-corrected chi connectivity index (χ1v) is 6.57. The molecule has 0 saturated heterocycles. The lowest BCUT2D eigenvalue weighted by Gasteiger charge is -2.02. The molecular weight excluding hydrogens is 242 g/mol. The van der Waals surface area contributed by atoms with Crippen molar-refractivity contribution in [2.45, 2.75) is 36.9 Å². The average Bonchev–Trinajstić information content (AvgIpc) is 3.09. The minimum absolute atomic E-state index is 0.136. The van der Waals surface area contributed by atoms with Crippen molar-refractivity contribution < 1.29 is 9.53 Å². The molecule has 0 atom stereocenters. The zero-order chi connectivity index (χ0) is 12.3. The standard InChI is InChI=1S/C10H15N3O3S/c1-16-8(14)3-2-6-17-10-12-11-9(15)13(10)7-4-5-7/h7H,2-6H2,1H3,(H,11,15). The second kappa shape index (κ2) is 5.39. The summed E-state index contributed by atoms with van der Waals surface area (Å²) in [5.41, 5.74) is -0.136. The molecule has 6 nitrogen and oxygen atoms in total. The van der Waals surface area contributed by atoms with Crippen molar-refractivity contribution >= 4 is 17.7 Å². The van der Waals surface area contributed by atoms with E-state index < -0.39 is 0 Å². The van der Waals surface area contributed by atoms with E-state index in [4.69, 9.17) is 0 Å². The lowest BCUT2D eigenvalue weighted by atomic mass is 10.3. The van der Waals surface area contributed by atoms with Gasteiger partial charge in [0.1, 0.15) is 0 Å². The maximum Gasteiger partial charge on any atom is 0.344 e. The van der Waals surface area contributed by atoms with Crippen LogP contribution in [0.2, 0.25) is 0 Å². The van der Waals surface area contributed by atoms with E-state index in [1.54, 1.807) is 4.57 Å². The number of carbonyl (C=O) groups is 1. The Hall–Kier alpha value is -1.24. The van der Waals surface area contributed by atoms with Crippen LogP contribution in [0.25, 0.3) is 0 Å². The highest BCUT2D eigenvalue weighted by Gasteiger charge is 2.28. The number of ether oxygens (including phenoxy) is 1. The number of nitrogens with one attached hydrogen (secondary N) is 1. The number of nitrogens with zero attached hydrogens (tertiary/aromatic N) is 2. The Labute approximate surface area is 103 Å². The van der Waals surface area contributed by atoms with E-state index in [0.717, 1.165) is 30.2 Å². The molecule has 1 fully saturated rings. The van der Waals surface area contributed by atoms with Gasteiger partial charge in [0.2, 0.25) is 0 Å². The summed E-state index contributed by atoms with van der Waals surface area (Å²) in [5, 5.41) is 7.17. The molecule has 0 aromatic carbocycles. The van der Waals surface area contributed by atoms with Crippen molar-refractivity contribution in [3.8, 4) is 0 Å². The summed E-state index contributed by atoms with van der Waals surface area (Å²) in [6.07, 6.45) is 3.23. The second-order valence-electron chi connectivity index (χ2n) is 3.94. The van der Waals surface area contributed by atoms with Crippen LogP contribution in [0.15, 0.2) is 9.95 Å². The van der Waals surface area contributed by atoms with Gasteiger partial charge >= 0.3 is 11.7 Å². The van der Waals surface area contributed by atoms with E-state index in [2.05, 4.69) is 14.9 Å². The Morgan fingerprint density at radius 2 is 2.41 bits per heavy atom. The molecule has 0 unspecified atom stereocenters. The summed E-state index contributed by atoms with van der Waals surface area (Å²) in [7, 11) is 1.38. The molecule has 0 bridgehead atoms. The fourth-order valence-corrected chi connectivity index (χ4v) is 2.48. The maximum atomic E-state index is 11.5. The first-order valence-electron chi connectivity index (χ1n) is 5.59. The van der Waals surface area contributed by atoms with Crippen LogP contribution in [0.5, 0.6) is 0 Å². The van der Waals surface area contributed by atoms with Crippen molar-refractivity contribution in [2.24, 2.45) is 0 Å². The predicted molar refractivity (Wildman–Crippen MR) is 63.1 cm³/mol. The maximum absolute atomic E-state index is 11.5. The zero-order valence-corrected chi connectivity index (χ0v) is 10.5. The van der Waals surface area contributed by atoms with Crippen molar-refractivity contribution in [3.63, 3.8) is 0 Å². The first-order chi connectivity index (χ1) is 8.22. The third kappa shape index (κ3) is 3.12. The van der Waals surface area contributed by atoms with Gasteiger partial charge in [0, 0.05) is 18.2 Å². The molecule has 94 valence electrons. The average molecular weight is 257 g/mol. The highest BCUT2D eigenvalue weighted by atomic mass is 32.2. The SMILES string of the molecule is COC(=O)CCCSc1n[nH]c(=O)n1C1CC1. The Kier molecular flexibility index (Phi) is 3.88. The van der Waals surface area contributed by atoms with E-state index in [1.165, 1.54) is 18.9 Å². The van der Waals surface area contributed by atoms with E-state index in [0.29, 0.717) is 12.5 Å². The summed E-state index contributed by atoms with van der Waals surface area (Å²) in [5.74, 6) is 0.554.